The first kappa shape index (κ1) is 37.4. The number of amides is 2. The molecule has 4 aliphatic rings. The van der Waals surface area contributed by atoms with Crippen molar-refractivity contribution in [1.29, 1.82) is 0 Å². The highest BCUT2D eigenvalue weighted by molar-refractivity contribution is 6.24. The van der Waals surface area contributed by atoms with Crippen molar-refractivity contribution >= 4 is 17.5 Å². The molecule has 7 rings (SSSR count). The summed E-state index contributed by atoms with van der Waals surface area (Å²) in [4.78, 5) is 36.7. The van der Waals surface area contributed by atoms with Gasteiger partial charge in [0.25, 0.3) is 11.8 Å². The molecule has 54 heavy (non-hydrogen) atoms. The van der Waals surface area contributed by atoms with Crippen LogP contribution >= 0.6 is 0 Å². The third-order valence-electron chi connectivity index (χ3n) is 10.5. The largest absolute Gasteiger partial charge is 0.509 e. The van der Waals surface area contributed by atoms with E-state index in [0.717, 1.165) is 17.5 Å². The zero-order valence-corrected chi connectivity index (χ0v) is 28.4. The lowest BCUT2D eigenvalue weighted by Crippen LogP contribution is -2.65. The molecule has 288 valence electrons. The maximum atomic E-state index is 15.5. The molecule has 3 fully saturated rings. The average molecular weight is 769 g/mol. The Kier molecular flexibility index (Phi) is 9.54. The molecule has 1 aromatic heterocycles. The van der Waals surface area contributed by atoms with Crippen LogP contribution in [0.4, 0.5) is 40.8 Å². The number of anilines is 1. The summed E-state index contributed by atoms with van der Waals surface area (Å²) < 4.78 is 123. The number of aliphatic hydroxyl groups excluding tert-OH is 1. The Balaban J connectivity index is 1.15. The van der Waals surface area contributed by atoms with Crippen LogP contribution in [0.3, 0.4) is 0 Å². The third-order valence-corrected chi connectivity index (χ3v) is 10.5. The minimum Gasteiger partial charge on any atom is -0.509 e. The number of morpholine rings is 1. The number of carbonyl (C=O) groups excluding carboxylic acids is 2. The minimum atomic E-state index is -4.99. The van der Waals surface area contributed by atoms with Gasteiger partial charge in [0, 0.05) is 36.8 Å². The van der Waals surface area contributed by atoms with Crippen LogP contribution in [0.1, 0.15) is 42.5 Å². The number of halogens is 8. The van der Waals surface area contributed by atoms with Crippen LogP contribution < -0.4 is 10.1 Å². The minimum absolute atomic E-state index is 0.0858. The first-order chi connectivity index (χ1) is 25.5. The SMILES string of the molecule is CN1N(Cc2ccc(OCCN3[C@@H]4COC[C@H]3C4)c(F)c2F)C(=O)C(C(=O)Nc2ccc(C(F)(F)F)cc2-c2cc(C(F)(F)F)ncn2)=C(O)C12CCC2. The molecule has 0 unspecified atom stereocenters. The summed E-state index contributed by atoms with van der Waals surface area (Å²) in [5.74, 6) is -6.10. The van der Waals surface area contributed by atoms with Gasteiger partial charge in [0.15, 0.2) is 11.6 Å². The molecule has 19 heteroatoms. The monoisotopic (exact) mass is 768 g/mol. The topological polar surface area (TPSA) is 120 Å². The summed E-state index contributed by atoms with van der Waals surface area (Å²) >= 11 is 0. The first-order valence-corrected chi connectivity index (χ1v) is 16.8. The van der Waals surface area contributed by atoms with Crippen LogP contribution in [-0.2, 0) is 33.2 Å². The molecule has 1 spiro atoms. The quantitative estimate of drug-likeness (QED) is 0.204. The van der Waals surface area contributed by atoms with E-state index in [1.165, 1.54) is 24.2 Å². The summed E-state index contributed by atoms with van der Waals surface area (Å²) in [6, 6.07) is 5.15. The number of rotatable bonds is 9. The molecule has 2 N–H and O–H groups in total. The first-order valence-electron chi connectivity index (χ1n) is 16.8. The summed E-state index contributed by atoms with van der Waals surface area (Å²) in [5.41, 5.74) is -6.92. The molecule has 1 saturated carbocycles. The predicted molar refractivity (Wildman–Crippen MR) is 172 cm³/mol. The molecule has 2 saturated heterocycles. The molecule has 11 nitrogen and oxygen atoms in total. The van der Waals surface area contributed by atoms with Crippen molar-refractivity contribution in [1.82, 2.24) is 24.9 Å². The van der Waals surface area contributed by atoms with Crippen LogP contribution in [0.25, 0.3) is 11.3 Å². The zero-order valence-electron chi connectivity index (χ0n) is 28.4. The van der Waals surface area contributed by atoms with Gasteiger partial charge in [-0.25, -0.2) is 19.4 Å². The molecule has 1 aliphatic carbocycles. The fraction of sp³-hybridized carbons (Fsp3) is 0.429. The zero-order chi connectivity index (χ0) is 38.7. The molecule has 3 aliphatic heterocycles. The van der Waals surface area contributed by atoms with Crippen molar-refractivity contribution in [2.75, 3.05) is 38.7 Å². The van der Waals surface area contributed by atoms with Crippen LogP contribution in [0, 0.1) is 11.6 Å². The highest BCUT2D eigenvalue weighted by Crippen LogP contribution is 2.47. The normalized spacial score (nSPS) is 21.6. The second kappa shape index (κ2) is 13.8. The fourth-order valence-electron chi connectivity index (χ4n) is 7.33. The van der Waals surface area contributed by atoms with E-state index in [1.54, 1.807) is 0 Å². The summed E-state index contributed by atoms with van der Waals surface area (Å²) in [6.45, 7) is 1.16. The van der Waals surface area contributed by atoms with Gasteiger partial charge in [-0.05, 0) is 56.0 Å². The van der Waals surface area contributed by atoms with E-state index in [9.17, 15) is 41.0 Å². The van der Waals surface area contributed by atoms with Gasteiger partial charge in [-0.1, -0.05) is 6.07 Å². The van der Waals surface area contributed by atoms with E-state index in [4.69, 9.17) is 9.47 Å². The molecular formula is C35H32F8N6O5. The van der Waals surface area contributed by atoms with Gasteiger partial charge in [-0.3, -0.25) is 19.5 Å². The lowest BCUT2D eigenvalue weighted by molar-refractivity contribution is -0.172. The Morgan fingerprint density at radius 2 is 1.74 bits per heavy atom. The molecule has 2 atom stereocenters. The Morgan fingerprint density at radius 3 is 2.37 bits per heavy atom. The van der Waals surface area contributed by atoms with Gasteiger partial charge >= 0.3 is 12.4 Å². The number of benzene rings is 2. The van der Waals surface area contributed by atoms with E-state index >= 15 is 8.78 Å². The Bertz CT molecular complexity index is 2010. The average Bonchev–Trinajstić information content (AvgIpc) is 3.10. The fourth-order valence-corrected chi connectivity index (χ4v) is 7.33. The van der Waals surface area contributed by atoms with Gasteiger partial charge in [0.1, 0.15) is 30.0 Å². The number of hydrogen-bond donors (Lipinski definition) is 2. The van der Waals surface area contributed by atoms with Gasteiger partial charge in [0.05, 0.1) is 42.2 Å². The van der Waals surface area contributed by atoms with Crippen molar-refractivity contribution in [2.45, 2.75) is 62.2 Å². The summed E-state index contributed by atoms with van der Waals surface area (Å²) in [6.07, 6.45) is -7.42. The number of aliphatic hydroxyl groups is 1. The second-order valence-corrected chi connectivity index (χ2v) is 13.5. The number of nitrogens with one attached hydrogen (secondary N) is 1. The number of carbonyl (C=O) groups is 2. The lowest BCUT2D eigenvalue weighted by Gasteiger charge is -2.54. The molecule has 4 heterocycles. The Hall–Kier alpha value is -4.88. The van der Waals surface area contributed by atoms with Gasteiger partial charge in [-0.15, -0.1) is 0 Å². The second-order valence-electron chi connectivity index (χ2n) is 13.5. The van der Waals surface area contributed by atoms with E-state index in [1.807, 2.05) is 0 Å². The Labute approximate surface area is 302 Å². The van der Waals surface area contributed by atoms with Crippen molar-refractivity contribution in [3.63, 3.8) is 0 Å². The van der Waals surface area contributed by atoms with Gasteiger partial charge in [0.2, 0.25) is 5.82 Å². The highest BCUT2D eigenvalue weighted by Gasteiger charge is 2.55. The standard InChI is InChI=1S/C35H32F8N6O5/c1-47-33(7-2-8-33)30(50)27(31(51)46-23-5-4-19(34(38,39)40)11-22(23)24-13-26(35(41,42)43)45-17-44-24)32(52)49(47)14-18-3-6-25(29(37)28(18)36)54-10-9-48-20-12-21(48)16-53-15-20/h3-6,11,13,17,20-21,50H,2,7-10,12,14-16H2,1H3,(H,46,51)/t20-,21+. The number of hydrazine groups is 1. The smallest absolute Gasteiger partial charge is 0.433 e. The molecule has 2 amide bonds. The maximum Gasteiger partial charge on any atom is 0.433 e. The van der Waals surface area contributed by atoms with Gasteiger partial charge in [-0.2, -0.15) is 30.7 Å². The number of fused-ring (bicyclic) bond motifs is 2. The number of alkyl halides is 6. The molecule has 3 aromatic rings. The van der Waals surface area contributed by atoms with E-state index in [0.29, 0.717) is 50.7 Å². The van der Waals surface area contributed by atoms with E-state index in [-0.39, 0.29) is 42.8 Å². The molecular weight excluding hydrogens is 736 g/mol. The van der Waals surface area contributed by atoms with Crippen molar-refractivity contribution < 1.29 is 59.3 Å². The van der Waals surface area contributed by atoms with E-state index in [2.05, 4.69) is 20.2 Å². The van der Waals surface area contributed by atoms with Crippen molar-refractivity contribution in [3.8, 4) is 17.0 Å². The lowest BCUT2D eigenvalue weighted by atomic mass is 9.72. The highest BCUT2D eigenvalue weighted by atomic mass is 19.4. The summed E-state index contributed by atoms with van der Waals surface area (Å²) in [5, 5.41) is 15.9. The Morgan fingerprint density at radius 1 is 1.02 bits per heavy atom. The van der Waals surface area contributed by atoms with Crippen LogP contribution in [0.15, 0.2) is 54.1 Å². The van der Waals surface area contributed by atoms with E-state index < -0.39 is 87.4 Å². The third kappa shape index (κ3) is 6.61. The molecule has 2 bridgehead atoms. The summed E-state index contributed by atoms with van der Waals surface area (Å²) in [7, 11) is 1.42. The van der Waals surface area contributed by atoms with Crippen molar-refractivity contribution in [3.05, 3.63) is 82.5 Å². The van der Waals surface area contributed by atoms with Crippen molar-refractivity contribution in [2.24, 2.45) is 0 Å². The molecule has 0 radical (unpaired) electrons. The number of aromatic nitrogens is 2. The van der Waals surface area contributed by atoms with Gasteiger partial charge < -0.3 is 19.9 Å². The molecule has 2 aromatic carbocycles. The van der Waals surface area contributed by atoms with Crippen LogP contribution in [0.2, 0.25) is 0 Å². The van der Waals surface area contributed by atoms with Crippen LogP contribution in [-0.4, -0.2) is 92.8 Å². The maximum absolute atomic E-state index is 15.5. The predicted octanol–water partition coefficient (Wildman–Crippen LogP) is 5.87. The number of ether oxygens (including phenoxy) is 2. The van der Waals surface area contributed by atoms with Crippen LogP contribution in [0.5, 0.6) is 5.75 Å². The number of nitrogens with zero attached hydrogens (tertiary/aromatic N) is 5. The number of likely N-dealkylation sites (N-methyl/N-ethyl adjacent to an activating group) is 1. The number of hydrogen-bond acceptors (Lipinski definition) is 9.